The minimum Gasteiger partial charge on any atom is -0.497 e. The van der Waals surface area contributed by atoms with E-state index in [2.05, 4.69) is 5.32 Å². The maximum absolute atomic E-state index is 12.9. The number of rotatable bonds is 8. The highest BCUT2D eigenvalue weighted by atomic mass is 16.5. The molecule has 1 N–H and O–H groups in total. The van der Waals surface area contributed by atoms with Crippen molar-refractivity contribution >= 4 is 28.5 Å². The molecule has 2 aromatic carbocycles. The number of para-hydroxylation sites is 1. The number of aromatic nitrogens is 1. The summed E-state index contributed by atoms with van der Waals surface area (Å²) in [5.74, 6) is -0.426. The highest BCUT2D eigenvalue weighted by Gasteiger charge is 2.23. The number of hydrogen-bond acceptors (Lipinski definition) is 4. The van der Waals surface area contributed by atoms with Gasteiger partial charge in [-0.3, -0.25) is 14.4 Å². The fraction of sp³-hybridized carbons (Fsp3) is 0.346. The summed E-state index contributed by atoms with van der Waals surface area (Å²) < 4.78 is 6.93. The summed E-state index contributed by atoms with van der Waals surface area (Å²) in [7, 11) is 1.61. The number of benzene rings is 2. The predicted molar refractivity (Wildman–Crippen MR) is 126 cm³/mol. The normalized spacial score (nSPS) is 13.7. The molecule has 7 heteroatoms. The first kappa shape index (κ1) is 22.6. The van der Waals surface area contributed by atoms with Crippen LogP contribution in [-0.2, 0) is 22.6 Å². The Bertz CT molecular complexity index is 1140. The zero-order chi connectivity index (χ0) is 23.2. The van der Waals surface area contributed by atoms with E-state index in [4.69, 9.17) is 4.74 Å². The number of fused-ring (bicyclic) bond motifs is 1. The van der Waals surface area contributed by atoms with Crippen LogP contribution in [0.4, 0.5) is 0 Å². The first-order chi connectivity index (χ1) is 16.1. The monoisotopic (exact) mass is 447 g/mol. The number of carbonyl (C=O) groups excluding carboxylic acids is 3. The third kappa shape index (κ3) is 5.25. The van der Waals surface area contributed by atoms with Crippen molar-refractivity contribution in [3.05, 3.63) is 65.9 Å². The molecule has 1 aliphatic rings. The van der Waals surface area contributed by atoms with Crippen molar-refractivity contribution in [1.29, 1.82) is 0 Å². The minimum absolute atomic E-state index is 0.0402. The average Bonchev–Trinajstić information content (AvgIpc) is 3.22. The van der Waals surface area contributed by atoms with Crippen LogP contribution in [0.2, 0.25) is 0 Å². The van der Waals surface area contributed by atoms with Gasteiger partial charge in [0.1, 0.15) is 12.3 Å². The molecule has 2 heterocycles. The number of hydrogen-bond donors (Lipinski definition) is 1. The van der Waals surface area contributed by atoms with Crippen molar-refractivity contribution < 1.29 is 19.1 Å². The Hall–Kier alpha value is -3.61. The summed E-state index contributed by atoms with van der Waals surface area (Å²) in [6, 6.07) is 15.0. The van der Waals surface area contributed by atoms with Gasteiger partial charge in [-0.05, 0) is 49.4 Å². The molecule has 172 valence electrons. The van der Waals surface area contributed by atoms with Crippen molar-refractivity contribution in [3.63, 3.8) is 0 Å². The second kappa shape index (κ2) is 10.3. The Balaban J connectivity index is 1.43. The van der Waals surface area contributed by atoms with E-state index in [-0.39, 0.29) is 12.5 Å². The van der Waals surface area contributed by atoms with E-state index < -0.39 is 11.7 Å². The summed E-state index contributed by atoms with van der Waals surface area (Å²) in [6.07, 6.45) is 5.45. The third-order valence-corrected chi connectivity index (χ3v) is 6.11. The fourth-order valence-electron chi connectivity index (χ4n) is 4.26. The molecule has 0 atom stereocenters. The Labute approximate surface area is 193 Å². The number of amides is 2. The first-order valence-corrected chi connectivity index (χ1v) is 11.4. The molecule has 1 saturated heterocycles. The van der Waals surface area contributed by atoms with E-state index in [9.17, 15) is 14.4 Å². The molecule has 0 spiro atoms. The van der Waals surface area contributed by atoms with Crippen molar-refractivity contribution in [2.75, 3.05) is 26.7 Å². The Morgan fingerprint density at radius 3 is 2.42 bits per heavy atom. The van der Waals surface area contributed by atoms with Gasteiger partial charge in [-0.25, -0.2) is 0 Å². The van der Waals surface area contributed by atoms with E-state index in [0.29, 0.717) is 23.9 Å². The molecule has 1 aromatic heterocycles. The number of nitrogens with zero attached hydrogens (tertiary/aromatic N) is 2. The Morgan fingerprint density at radius 1 is 0.970 bits per heavy atom. The second-order valence-electron chi connectivity index (χ2n) is 8.31. The Kier molecular flexibility index (Phi) is 7.07. The van der Waals surface area contributed by atoms with Gasteiger partial charge in [-0.15, -0.1) is 0 Å². The molecule has 2 amide bonds. The lowest BCUT2D eigenvalue weighted by molar-refractivity contribution is -0.132. The van der Waals surface area contributed by atoms with Crippen LogP contribution in [-0.4, -0.2) is 53.8 Å². The quantitative estimate of drug-likeness (QED) is 0.425. The minimum atomic E-state index is -0.645. The number of nitrogens with one attached hydrogen (secondary N) is 1. The van der Waals surface area contributed by atoms with Gasteiger partial charge in [0.25, 0.3) is 11.7 Å². The summed E-state index contributed by atoms with van der Waals surface area (Å²) >= 11 is 0. The van der Waals surface area contributed by atoms with Crippen LogP contribution in [0, 0.1) is 0 Å². The first-order valence-electron chi connectivity index (χ1n) is 11.4. The summed E-state index contributed by atoms with van der Waals surface area (Å²) in [6.45, 7) is 2.07. The van der Waals surface area contributed by atoms with Gasteiger partial charge < -0.3 is 19.5 Å². The zero-order valence-corrected chi connectivity index (χ0v) is 18.9. The molecular formula is C26H29N3O4. The number of Topliss-reactive ketones (excluding diaryl/α,β-unsaturated/α-hetero) is 1. The molecular weight excluding hydrogens is 418 g/mol. The van der Waals surface area contributed by atoms with Crippen LogP contribution in [0.5, 0.6) is 5.75 Å². The predicted octanol–water partition coefficient (Wildman–Crippen LogP) is 3.20. The lowest BCUT2D eigenvalue weighted by atomic mass is 10.1. The highest BCUT2D eigenvalue weighted by molar-refractivity contribution is 6.45. The van der Waals surface area contributed by atoms with Gasteiger partial charge in [-0.2, -0.15) is 0 Å². The zero-order valence-electron chi connectivity index (χ0n) is 18.9. The molecule has 1 fully saturated rings. The second-order valence-corrected chi connectivity index (χ2v) is 8.31. The lowest BCUT2D eigenvalue weighted by Gasteiger charge is -2.27. The molecule has 0 radical (unpaired) electrons. The van der Waals surface area contributed by atoms with Crippen LogP contribution in [0.3, 0.4) is 0 Å². The average molecular weight is 448 g/mol. The standard InChI is InChI=1S/C26H29N3O4/c1-33-20-11-9-19(10-12-20)13-14-27-26(32)25(31)22-17-29(23-8-4-3-7-21(22)23)18-24(30)28-15-5-2-6-16-28/h3-4,7-12,17H,2,5-6,13-16,18H2,1H3,(H,27,32). The smallest absolute Gasteiger partial charge is 0.292 e. The molecule has 0 saturated carbocycles. The van der Waals surface area contributed by atoms with Crippen LogP contribution < -0.4 is 10.1 Å². The third-order valence-electron chi connectivity index (χ3n) is 6.11. The van der Waals surface area contributed by atoms with E-state index in [0.717, 1.165) is 49.2 Å². The number of methoxy groups -OCH3 is 1. The van der Waals surface area contributed by atoms with Gasteiger partial charge in [0.05, 0.1) is 12.7 Å². The SMILES string of the molecule is COc1ccc(CCNC(=O)C(=O)c2cn(CC(=O)N3CCCCC3)c3ccccc23)cc1. The summed E-state index contributed by atoms with van der Waals surface area (Å²) in [5.41, 5.74) is 2.13. The molecule has 0 unspecified atom stereocenters. The maximum Gasteiger partial charge on any atom is 0.292 e. The number of piperidine rings is 1. The van der Waals surface area contributed by atoms with E-state index in [1.807, 2.05) is 53.4 Å². The van der Waals surface area contributed by atoms with Crippen molar-refractivity contribution in [1.82, 2.24) is 14.8 Å². The van der Waals surface area contributed by atoms with Gasteiger partial charge in [0.15, 0.2) is 0 Å². The molecule has 4 rings (SSSR count). The largest absolute Gasteiger partial charge is 0.497 e. The molecule has 0 bridgehead atoms. The topological polar surface area (TPSA) is 80.6 Å². The number of likely N-dealkylation sites (tertiary alicyclic amines) is 1. The molecule has 3 aromatic rings. The van der Waals surface area contributed by atoms with Crippen LogP contribution in [0.15, 0.2) is 54.7 Å². The molecule has 33 heavy (non-hydrogen) atoms. The van der Waals surface area contributed by atoms with E-state index in [1.165, 1.54) is 0 Å². The van der Waals surface area contributed by atoms with Crippen LogP contribution in [0.25, 0.3) is 10.9 Å². The molecule has 7 nitrogen and oxygen atoms in total. The summed E-state index contributed by atoms with van der Waals surface area (Å²) in [5, 5.41) is 3.40. The van der Waals surface area contributed by atoms with Crippen molar-refractivity contribution in [2.45, 2.75) is 32.2 Å². The highest BCUT2D eigenvalue weighted by Crippen LogP contribution is 2.22. The lowest BCUT2D eigenvalue weighted by Crippen LogP contribution is -2.37. The van der Waals surface area contributed by atoms with Crippen molar-refractivity contribution in [2.24, 2.45) is 0 Å². The van der Waals surface area contributed by atoms with Gasteiger partial charge in [-0.1, -0.05) is 30.3 Å². The van der Waals surface area contributed by atoms with Crippen LogP contribution in [0.1, 0.15) is 35.2 Å². The van der Waals surface area contributed by atoms with Gasteiger partial charge in [0, 0.05) is 36.7 Å². The number of carbonyl (C=O) groups is 3. The van der Waals surface area contributed by atoms with Gasteiger partial charge in [0.2, 0.25) is 5.91 Å². The molecule has 1 aliphatic heterocycles. The Morgan fingerprint density at radius 2 is 1.70 bits per heavy atom. The van der Waals surface area contributed by atoms with Crippen LogP contribution >= 0.6 is 0 Å². The van der Waals surface area contributed by atoms with Gasteiger partial charge >= 0.3 is 0 Å². The fourth-order valence-corrected chi connectivity index (χ4v) is 4.26. The molecule has 0 aliphatic carbocycles. The number of ether oxygens (including phenoxy) is 1. The number of ketones is 1. The maximum atomic E-state index is 12.9. The van der Waals surface area contributed by atoms with E-state index >= 15 is 0 Å². The van der Waals surface area contributed by atoms with E-state index in [1.54, 1.807) is 17.9 Å². The summed E-state index contributed by atoms with van der Waals surface area (Å²) in [4.78, 5) is 40.2. The van der Waals surface area contributed by atoms with Crippen molar-refractivity contribution in [3.8, 4) is 5.75 Å².